The monoisotopic (exact) mass is 183 g/mol. The summed E-state index contributed by atoms with van der Waals surface area (Å²) in [5, 5.41) is 9.71. The van der Waals surface area contributed by atoms with Crippen LogP contribution in [0.1, 0.15) is 26.7 Å². The standard InChI is InChI=1S/C10H17NO2/c1-3-10(13)5-11(6-10)9(12)8-4-7(8)2/h7-8,13H,3-6H2,1-2H3. The second kappa shape index (κ2) is 2.71. The van der Waals surface area contributed by atoms with Gasteiger partial charge in [0.05, 0.1) is 18.7 Å². The maximum atomic E-state index is 11.6. The lowest BCUT2D eigenvalue weighted by molar-refractivity contribution is -0.157. The Balaban J connectivity index is 1.83. The first kappa shape index (κ1) is 9.00. The molecule has 2 aliphatic rings. The van der Waals surface area contributed by atoms with Crippen molar-refractivity contribution in [1.29, 1.82) is 0 Å². The number of β-amino-alcohol motifs (C(OH)–C–C–N with tert-alkyl or cyclic N) is 1. The van der Waals surface area contributed by atoms with Crippen LogP contribution in [-0.4, -0.2) is 34.6 Å². The molecule has 74 valence electrons. The Morgan fingerprint density at radius 2 is 2.15 bits per heavy atom. The van der Waals surface area contributed by atoms with Crippen molar-refractivity contribution >= 4 is 5.91 Å². The molecule has 2 atom stereocenters. The van der Waals surface area contributed by atoms with Gasteiger partial charge < -0.3 is 10.0 Å². The van der Waals surface area contributed by atoms with Crippen molar-refractivity contribution in [2.75, 3.05) is 13.1 Å². The third kappa shape index (κ3) is 1.46. The van der Waals surface area contributed by atoms with E-state index in [-0.39, 0.29) is 11.8 Å². The van der Waals surface area contributed by atoms with Crippen molar-refractivity contribution < 1.29 is 9.90 Å². The number of aliphatic hydroxyl groups is 1. The molecule has 1 saturated heterocycles. The van der Waals surface area contributed by atoms with Gasteiger partial charge in [0.15, 0.2) is 0 Å². The van der Waals surface area contributed by atoms with Gasteiger partial charge in [0, 0.05) is 5.92 Å². The van der Waals surface area contributed by atoms with E-state index in [0.29, 0.717) is 19.0 Å². The predicted molar refractivity (Wildman–Crippen MR) is 49.1 cm³/mol. The molecule has 0 bridgehead atoms. The molecule has 1 heterocycles. The number of rotatable bonds is 2. The van der Waals surface area contributed by atoms with E-state index in [4.69, 9.17) is 0 Å². The minimum atomic E-state index is -0.576. The van der Waals surface area contributed by atoms with Crippen molar-refractivity contribution in [1.82, 2.24) is 4.90 Å². The van der Waals surface area contributed by atoms with E-state index in [9.17, 15) is 9.90 Å². The lowest BCUT2D eigenvalue weighted by Gasteiger charge is -2.46. The Bertz CT molecular complexity index is 233. The van der Waals surface area contributed by atoms with E-state index in [1.807, 2.05) is 6.92 Å². The van der Waals surface area contributed by atoms with Crippen LogP contribution in [-0.2, 0) is 4.79 Å². The molecule has 0 spiro atoms. The summed E-state index contributed by atoms with van der Waals surface area (Å²) in [6.07, 6.45) is 1.79. The molecule has 1 aliphatic carbocycles. The minimum absolute atomic E-state index is 0.255. The third-order valence-corrected chi connectivity index (χ3v) is 3.37. The summed E-state index contributed by atoms with van der Waals surface area (Å²) in [4.78, 5) is 13.4. The number of likely N-dealkylation sites (tertiary alicyclic amines) is 1. The Kier molecular flexibility index (Phi) is 1.88. The molecule has 3 heteroatoms. The molecule has 2 rings (SSSR count). The summed E-state index contributed by atoms with van der Waals surface area (Å²) in [6, 6.07) is 0. The van der Waals surface area contributed by atoms with Crippen molar-refractivity contribution in [3.63, 3.8) is 0 Å². The highest BCUT2D eigenvalue weighted by atomic mass is 16.3. The lowest BCUT2D eigenvalue weighted by Crippen LogP contribution is -2.63. The average molecular weight is 183 g/mol. The van der Waals surface area contributed by atoms with E-state index in [2.05, 4.69) is 6.92 Å². The first-order chi connectivity index (χ1) is 6.06. The highest BCUT2D eigenvalue weighted by Gasteiger charge is 2.48. The summed E-state index contributed by atoms with van der Waals surface area (Å²) >= 11 is 0. The molecule has 0 aromatic rings. The Labute approximate surface area is 78.7 Å². The van der Waals surface area contributed by atoms with E-state index in [0.717, 1.165) is 12.8 Å². The molecule has 1 saturated carbocycles. The first-order valence-corrected chi connectivity index (χ1v) is 5.07. The quantitative estimate of drug-likeness (QED) is 0.682. The summed E-state index contributed by atoms with van der Waals surface area (Å²) in [5.41, 5.74) is -0.576. The number of hydrogen-bond acceptors (Lipinski definition) is 2. The van der Waals surface area contributed by atoms with Crippen LogP contribution in [0.25, 0.3) is 0 Å². The Hall–Kier alpha value is -0.570. The maximum absolute atomic E-state index is 11.6. The number of nitrogens with zero attached hydrogens (tertiary/aromatic N) is 1. The molecule has 1 aliphatic heterocycles. The van der Waals surface area contributed by atoms with E-state index in [1.165, 1.54) is 0 Å². The van der Waals surface area contributed by atoms with Gasteiger partial charge in [0.1, 0.15) is 0 Å². The predicted octanol–water partition coefficient (Wildman–Crippen LogP) is 0.626. The van der Waals surface area contributed by atoms with Gasteiger partial charge in [-0.2, -0.15) is 0 Å². The van der Waals surface area contributed by atoms with E-state index < -0.39 is 5.60 Å². The molecule has 3 nitrogen and oxygen atoms in total. The van der Waals surface area contributed by atoms with E-state index >= 15 is 0 Å². The van der Waals surface area contributed by atoms with Crippen molar-refractivity contribution in [2.24, 2.45) is 11.8 Å². The first-order valence-electron chi connectivity index (χ1n) is 5.07. The zero-order valence-corrected chi connectivity index (χ0v) is 8.29. The van der Waals surface area contributed by atoms with Gasteiger partial charge in [-0.3, -0.25) is 4.79 Å². The van der Waals surface area contributed by atoms with Crippen LogP contribution in [0.2, 0.25) is 0 Å². The van der Waals surface area contributed by atoms with Crippen LogP contribution in [0.15, 0.2) is 0 Å². The van der Waals surface area contributed by atoms with Gasteiger partial charge >= 0.3 is 0 Å². The SMILES string of the molecule is CCC1(O)CN(C(=O)C2CC2C)C1. The lowest BCUT2D eigenvalue weighted by atomic mass is 9.91. The molecular weight excluding hydrogens is 166 g/mol. The highest BCUT2D eigenvalue weighted by Crippen LogP contribution is 2.41. The Morgan fingerprint density at radius 1 is 1.62 bits per heavy atom. The zero-order valence-electron chi connectivity index (χ0n) is 8.29. The molecule has 1 N–H and O–H groups in total. The normalized spacial score (nSPS) is 35.5. The van der Waals surface area contributed by atoms with Crippen LogP contribution < -0.4 is 0 Å². The third-order valence-electron chi connectivity index (χ3n) is 3.37. The number of carbonyl (C=O) groups excluding carboxylic acids is 1. The molecule has 13 heavy (non-hydrogen) atoms. The van der Waals surface area contributed by atoms with Crippen LogP contribution in [0.4, 0.5) is 0 Å². The Morgan fingerprint density at radius 3 is 2.54 bits per heavy atom. The fourth-order valence-corrected chi connectivity index (χ4v) is 1.94. The smallest absolute Gasteiger partial charge is 0.226 e. The largest absolute Gasteiger partial charge is 0.386 e. The van der Waals surface area contributed by atoms with Gasteiger partial charge in [-0.15, -0.1) is 0 Å². The number of hydrogen-bond donors (Lipinski definition) is 1. The van der Waals surface area contributed by atoms with Crippen LogP contribution >= 0.6 is 0 Å². The minimum Gasteiger partial charge on any atom is -0.386 e. The molecule has 2 unspecified atom stereocenters. The van der Waals surface area contributed by atoms with Crippen LogP contribution in [0.3, 0.4) is 0 Å². The number of amides is 1. The summed E-state index contributed by atoms with van der Waals surface area (Å²) in [7, 11) is 0. The van der Waals surface area contributed by atoms with Gasteiger partial charge in [-0.25, -0.2) is 0 Å². The maximum Gasteiger partial charge on any atom is 0.226 e. The van der Waals surface area contributed by atoms with E-state index in [1.54, 1.807) is 4.90 Å². The molecule has 0 aromatic carbocycles. The highest BCUT2D eigenvalue weighted by molar-refractivity contribution is 5.82. The van der Waals surface area contributed by atoms with Crippen LogP contribution in [0, 0.1) is 11.8 Å². The van der Waals surface area contributed by atoms with Gasteiger partial charge in [0.2, 0.25) is 5.91 Å². The van der Waals surface area contributed by atoms with Gasteiger partial charge in [-0.05, 0) is 18.8 Å². The number of carbonyl (C=O) groups is 1. The summed E-state index contributed by atoms with van der Waals surface area (Å²) < 4.78 is 0. The molecule has 0 aromatic heterocycles. The van der Waals surface area contributed by atoms with Crippen molar-refractivity contribution in [3.8, 4) is 0 Å². The van der Waals surface area contributed by atoms with Crippen molar-refractivity contribution in [3.05, 3.63) is 0 Å². The molecule has 1 amide bonds. The summed E-state index contributed by atoms with van der Waals surface area (Å²) in [5.74, 6) is 1.09. The molecular formula is C10H17NO2. The fraction of sp³-hybridized carbons (Fsp3) is 0.900. The van der Waals surface area contributed by atoms with Gasteiger partial charge in [0.25, 0.3) is 0 Å². The average Bonchev–Trinajstić information content (AvgIpc) is 2.76. The van der Waals surface area contributed by atoms with Crippen molar-refractivity contribution in [2.45, 2.75) is 32.3 Å². The molecule has 2 fully saturated rings. The topological polar surface area (TPSA) is 40.5 Å². The molecule has 0 radical (unpaired) electrons. The summed E-state index contributed by atoms with van der Waals surface area (Å²) in [6.45, 7) is 5.16. The fourth-order valence-electron chi connectivity index (χ4n) is 1.94. The van der Waals surface area contributed by atoms with Crippen LogP contribution in [0.5, 0.6) is 0 Å². The zero-order chi connectivity index (χ0) is 9.64. The second-order valence-corrected chi connectivity index (χ2v) is 4.59. The van der Waals surface area contributed by atoms with Gasteiger partial charge in [-0.1, -0.05) is 13.8 Å². The second-order valence-electron chi connectivity index (χ2n) is 4.59.